The molecule has 5 heteroatoms. The molecule has 0 unspecified atom stereocenters. The fourth-order valence-corrected chi connectivity index (χ4v) is 2.32. The van der Waals surface area contributed by atoms with Crippen LogP contribution in [0.2, 0.25) is 0 Å². The smallest absolute Gasteiger partial charge is 0.319 e. The average Bonchev–Trinajstić information content (AvgIpc) is 2.62. The number of rotatable bonds is 4. The van der Waals surface area contributed by atoms with Crippen molar-refractivity contribution >= 4 is 11.9 Å². The number of carbonyl (C=O) groups is 2. The summed E-state index contributed by atoms with van der Waals surface area (Å²) in [6.45, 7) is 2.21. The van der Waals surface area contributed by atoms with Crippen LogP contribution in [-0.4, -0.2) is 28.9 Å². The van der Waals surface area contributed by atoms with Crippen molar-refractivity contribution < 1.29 is 19.1 Å². The van der Waals surface area contributed by atoms with E-state index in [2.05, 4.69) is 0 Å². The Bertz CT molecular complexity index is 473. The Kier molecular flexibility index (Phi) is 3.15. The van der Waals surface area contributed by atoms with Crippen LogP contribution in [0.1, 0.15) is 30.6 Å². The lowest BCUT2D eigenvalue weighted by atomic mass is 9.68. The highest BCUT2D eigenvalue weighted by Crippen LogP contribution is 2.42. The summed E-state index contributed by atoms with van der Waals surface area (Å²) in [7, 11) is 1.64. The van der Waals surface area contributed by atoms with Crippen molar-refractivity contribution in [2.24, 2.45) is 5.41 Å². The van der Waals surface area contributed by atoms with Gasteiger partial charge < -0.3 is 14.4 Å². The van der Waals surface area contributed by atoms with Crippen molar-refractivity contribution in [3.05, 3.63) is 23.7 Å². The Balaban J connectivity index is 2.09. The second-order valence-corrected chi connectivity index (χ2v) is 4.90. The van der Waals surface area contributed by atoms with Crippen molar-refractivity contribution in [2.45, 2.75) is 32.7 Å². The van der Waals surface area contributed by atoms with Crippen molar-refractivity contribution in [2.75, 3.05) is 7.05 Å². The molecule has 1 aromatic rings. The number of nitrogens with zero attached hydrogens (tertiary/aromatic N) is 1. The molecule has 1 aromatic heterocycles. The summed E-state index contributed by atoms with van der Waals surface area (Å²) in [5, 5.41) is 9.22. The van der Waals surface area contributed by atoms with Gasteiger partial charge in [0.1, 0.15) is 11.2 Å². The standard InChI is InChI=1S/C13H17NO4/c1-9-10(4-7-18-9)8-14(2)11(15)13(12(16)17)5-3-6-13/h4,7H,3,5-6,8H2,1-2H3,(H,16,17). The van der Waals surface area contributed by atoms with Crippen molar-refractivity contribution in [1.82, 2.24) is 4.90 Å². The molecule has 18 heavy (non-hydrogen) atoms. The predicted octanol–water partition coefficient (Wildman–Crippen LogP) is 1.80. The first-order valence-electron chi connectivity index (χ1n) is 5.99. The molecule has 0 saturated heterocycles. The molecule has 1 amide bonds. The molecule has 5 nitrogen and oxygen atoms in total. The van der Waals surface area contributed by atoms with Gasteiger partial charge in [0.05, 0.1) is 6.26 Å². The van der Waals surface area contributed by atoms with E-state index < -0.39 is 11.4 Å². The Morgan fingerprint density at radius 2 is 2.17 bits per heavy atom. The number of carbonyl (C=O) groups excluding carboxylic acids is 1. The van der Waals surface area contributed by atoms with Crippen LogP contribution in [-0.2, 0) is 16.1 Å². The Morgan fingerprint density at radius 1 is 1.50 bits per heavy atom. The molecular formula is C13H17NO4. The molecule has 98 valence electrons. The number of amides is 1. The highest BCUT2D eigenvalue weighted by molar-refractivity contribution is 6.02. The minimum Gasteiger partial charge on any atom is -0.480 e. The summed E-state index contributed by atoms with van der Waals surface area (Å²) in [5.41, 5.74) is -0.280. The second kappa shape index (κ2) is 4.48. The maximum atomic E-state index is 12.2. The molecule has 1 aliphatic rings. The second-order valence-electron chi connectivity index (χ2n) is 4.90. The monoisotopic (exact) mass is 251 g/mol. The van der Waals surface area contributed by atoms with Gasteiger partial charge in [0.25, 0.3) is 0 Å². The number of hydrogen-bond donors (Lipinski definition) is 1. The van der Waals surface area contributed by atoms with Crippen molar-refractivity contribution in [3.63, 3.8) is 0 Å². The molecule has 1 saturated carbocycles. The zero-order chi connectivity index (χ0) is 13.3. The number of hydrogen-bond acceptors (Lipinski definition) is 3. The minimum atomic E-state index is -1.19. The third-order valence-corrected chi connectivity index (χ3v) is 3.75. The summed E-state index contributed by atoms with van der Waals surface area (Å²) < 4.78 is 5.16. The zero-order valence-electron chi connectivity index (χ0n) is 10.6. The van der Waals surface area contributed by atoms with E-state index in [1.165, 1.54) is 4.90 Å². The molecule has 1 heterocycles. The topological polar surface area (TPSA) is 70.8 Å². The highest BCUT2D eigenvalue weighted by Gasteiger charge is 2.52. The fraction of sp³-hybridized carbons (Fsp3) is 0.538. The molecule has 1 N–H and O–H groups in total. The first-order chi connectivity index (χ1) is 8.47. The van der Waals surface area contributed by atoms with E-state index in [1.807, 2.05) is 6.92 Å². The molecule has 0 aromatic carbocycles. The lowest BCUT2D eigenvalue weighted by molar-refractivity contribution is -0.167. The van der Waals surface area contributed by atoms with E-state index in [-0.39, 0.29) is 5.91 Å². The van der Waals surface area contributed by atoms with Gasteiger partial charge in [-0.2, -0.15) is 0 Å². The van der Waals surface area contributed by atoms with E-state index in [4.69, 9.17) is 4.42 Å². The molecule has 0 atom stereocenters. The van der Waals surface area contributed by atoms with Gasteiger partial charge in [-0.25, -0.2) is 0 Å². The maximum Gasteiger partial charge on any atom is 0.319 e. The van der Waals surface area contributed by atoms with Gasteiger partial charge >= 0.3 is 5.97 Å². The van der Waals surface area contributed by atoms with E-state index in [1.54, 1.807) is 19.4 Å². The van der Waals surface area contributed by atoms with Gasteiger partial charge in [0.2, 0.25) is 5.91 Å². The quantitative estimate of drug-likeness (QED) is 0.828. The third-order valence-electron chi connectivity index (χ3n) is 3.75. The summed E-state index contributed by atoms with van der Waals surface area (Å²) >= 11 is 0. The van der Waals surface area contributed by atoms with E-state index in [0.29, 0.717) is 19.4 Å². The van der Waals surface area contributed by atoms with E-state index in [9.17, 15) is 14.7 Å². The molecule has 0 bridgehead atoms. The first-order valence-corrected chi connectivity index (χ1v) is 5.99. The van der Waals surface area contributed by atoms with Crippen LogP contribution in [0.3, 0.4) is 0 Å². The molecule has 1 aliphatic carbocycles. The Hall–Kier alpha value is -1.78. The van der Waals surface area contributed by atoms with Gasteiger partial charge in [0.15, 0.2) is 0 Å². The van der Waals surface area contributed by atoms with Crippen LogP contribution < -0.4 is 0 Å². The lowest BCUT2D eigenvalue weighted by Gasteiger charge is -2.38. The van der Waals surface area contributed by atoms with Crippen molar-refractivity contribution in [3.8, 4) is 0 Å². The summed E-state index contributed by atoms with van der Waals surface area (Å²) in [5.74, 6) is -0.552. The number of furan rings is 1. The normalized spacial score (nSPS) is 17.0. The number of carboxylic acid groups (broad SMARTS) is 1. The van der Waals surface area contributed by atoms with Crippen LogP contribution in [0.25, 0.3) is 0 Å². The lowest BCUT2D eigenvalue weighted by Crippen LogP contribution is -2.51. The first kappa shape index (κ1) is 12.7. The number of aryl methyl sites for hydroxylation is 1. The third kappa shape index (κ3) is 1.89. The minimum absolute atomic E-state index is 0.304. The van der Waals surface area contributed by atoms with Gasteiger partial charge in [0, 0.05) is 19.2 Å². The Morgan fingerprint density at radius 3 is 2.56 bits per heavy atom. The number of aliphatic carboxylic acids is 1. The maximum absolute atomic E-state index is 12.2. The zero-order valence-corrected chi connectivity index (χ0v) is 10.6. The van der Waals surface area contributed by atoms with Crippen molar-refractivity contribution in [1.29, 1.82) is 0 Å². The van der Waals surface area contributed by atoms with Crippen LogP contribution in [0.5, 0.6) is 0 Å². The fourth-order valence-electron chi connectivity index (χ4n) is 2.32. The number of carboxylic acids is 1. The van der Waals surface area contributed by atoms with Gasteiger partial charge in [-0.1, -0.05) is 6.42 Å². The average molecular weight is 251 g/mol. The van der Waals surface area contributed by atoms with Crippen LogP contribution >= 0.6 is 0 Å². The molecule has 0 spiro atoms. The molecule has 0 radical (unpaired) electrons. The summed E-state index contributed by atoms with van der Waals surface area (Å²) in [6, 6.07) is 1.80. The molecule has 0 aliphatic heterocycles. The SMILES string of the molecule is Cc1occc1CN(C)C(=O)C1(C(=O)O)CCC1. The molecule has 2 rings (SSSR count). The van der Waals surface area contributed by atoms with Gasteiger partial charge in [-0.3, -0.25) is 9.59 Å². The predicted molar refractivity (Wildman–Crippen MR) is 63.8 cm³/mol. The van der Waals surface area contributed by atoms with E-state index in [0.717, 1.165) is 17.7 Å². The van der Waals surface area contributed by atoms with E-state index >= 15 is 0 Å². The van der Waals surface area contributed by atoms with Crippen LogP contribution in [0, 0.1) is 12.3 Å². The summed E-state index contributed by atoms with van der Waals surface area (Å²) in [4.78, 5) is 25.0. The largest absolute Gasteiger partial charge is 0.480 e. The molecular weight excluding hydrogens is 234 g/mol. The highest BCUT2D eigenvalue weighted by atomic mass is 16.4. The van der Waals surface area contributed by atoms with Gasteiger partial charge in [-0.15, -0.1) is 0 Å². The van der Waals surface area contributed by atoms with Crippen LogP contribution in [0.15, 0.2) is 16.7 Å². The Labute approximate surface area is 105 Å². The molecule has 1 fully saturated rings. The summed E-state index contributed by atoms with van der Waals surface area (Å²) in [6.07, 6.45) is 3.25. The van der Waals surface area contributed by atoms with Gasteiger partial charge in [-0.05, 0) is 25.8 Å². The van der Waals surface area contributed by atoms with Crippen LogP contribution in [0.4, 0.5) is 0 Å².